The van der Waals surface area contributed by atoms with Crippen molar-refractivity contribution in [2.24, 2.45) is 0 Å². The zero-order valence-electron chi connectivity index (χ0n) is 16.9. The van der Waals surface area contributed by atoms with Crippen LogP contribution in [0.25, 0.3) is 16.3 Å². The van der Waals surface area contributed by atoms with E-state index in [1.165, 1.54) is 45.4 Å². The molecule has 3 aromatic carbocycles. The molecule has 28 heavy (non-hydrogen) atoms. The summed E-state index contributed by atoms with van der Waals surface area (Å²) in [5, 5.41) is 2.71. The van der Waals surface area contributed by atoms with Gasteiger partial charge in [0.05, 0.1) is 24.6 Å². The molecule has 0 fully saturated rings. The quantitative estimate of drug-likeness (QED) is 0.427. The van der Waals surface area contributed by atoms with Gasteiger partial charge in [0.1, 0.15) is 21.5 Å². The van der Waals surface area contributed by atoms with E-state index in [1.54, 1.807) is 12.1 Å². The number of rotatable bonds is 1. The summed E-state index contributed by atoms with van der Waals surface area (Å²) in [4.78, 5) is -0.178. The standard InChI is InChI=1S/C16H18N.C7H8O3S/c1-11-12(2)17(3,4)15-10-9-13-7-5-6-8-14(13)16(11)15;1-6-2-4-7(5-3-6)11(8,9)10/h5-10H,1-4H3;2-5H,1H3,(H,8,9,10)/q+1;/p-1. The molecule has 0 amide bonds. The topological polar surface area (TPSA) is 57.2 Å². The minimum Gasteiger partial charge on any atom is -0.744 e. The van der Waals surface area contributed by atoms with E-state index in [-0.39, 0.29) is 4.90 Å². The van der Waals surface area contributed by atoms with E-state index in [1.807, 2.05) is 6.92 Å². The zero-order chi connectivity index (χ0) is 20.7. The van der Waals surface area contributed by atoms with Gasteiger partial charge in [0.25, 0.3) is 0 Å². The Labute approximate surface area is 167 Å². The second kappa shape index (κ2) is 7.17. The Morgan fingerprint density at radius 2 is 1.43 bits per heavy atom. The number of hydrogen-bond acceptors (Lipinski definition) is 3. The average Bonchev–Trinajstić information content (AvgIpc) is 2.82. The molecule has 4 nitrogen and oxygen atoms in total. The third-order valence-electron chi connectivity index (χ3n) is 5.58. The van der Waals surface area contributed by atoms with E-state index in [2.05, 4.69) is 64.3 Å². The minimum atomic E-state index is -4.27. The third kappa shape index (κ3) is 3.61. The summed E-state index contributed by atoms with van der Waals surface area (Å²) in [5.41, 5.74) is 6.65. The third-order valence-corrected chi connectivity index (χ3v) is 6.42. The van der Waals surface area contributed by atoms with Gasteiger partial charge in [-0.15, -0.1) is 0 Å². The molecule has 0 atom stereocenters. The van der Waals surface area contributed by atoms with Crippen LogP contribution in [0.1, 0.15) is 25.0 Å². The first-order chi connectivity index (χ1) is 13.0. The number of benzene rings is 3. The van der Waals surface area contributed by atoms with E-state index in [9.17, 15) is 13.0 Å². The van der Waals surface area contributed by atoms with Crippen LogP contribution < -0.4 is 4.48 Å². The average molecular weight is 396 g/mol. The normalized spacial score (nSPS) is 15.2. The Hall–Kier alpha value is -2.47. The van der Waals surface area contributed by atoms with E-state index >= 15 is 0 Å². The fraction of sp³-hybridized carbons (Fsp3) is 0.217. The lowest BCUT2D eigenvalue weighted by Gasteiger charge is -2.26. The van der Waals surface area contributed by atoms with Crippen molar-refractivity contribution in [1.82, 2.24) is 4.48 Å². The van der Waals surface area contributed by atoms with Gasteiger partial charge in [0, 0.05) is 18.6 Å². The highest BCUT2D eigenvalue weighted by Gasteiger charge is 2.35. The van der Waals surface area contributed by atoms with Gasteiger partial charge in [-0.2, -0.15) is 0 Å². The second-order valence-electron chi connectivity index (χ2n) is 7.61. The van der Waals surface area contributed by atoms with Crippen molar-refractivity contribution in [3.05, 3.63) is 77.5 Å². The van der Waals surface area contributed by atoms with Crippen LogP contribution in [0.2, 0.25) is 0 Å². The molecular weight excluding hydrogens is 370 g/mol. The molecule has 0 N–H and O–H groups in total. The van der Waals surface area contributed by atoms with Crippen molar-refractivity contribution < 1.29 is 13.0 Å². The summed E-state index contributed by atoms with van der Waals surface area (Å²) >= 11 is 0. The lowest BCUT2D eigenvalue weighted by molar-refractivity contribution is 0.463. The van der Waals surface area contributed by atoms with Crippen molar-refractivity contribution in [3.8, 4) is 0 Å². The Morgan fingerprint density at radius 1 is 0.821 bits per heavy atom. The molecule has 0 radical (unpaired) electrons. The second-order valence-corrected chi connectivity index (χ2v) is 8.99. The monoisotopic (exact) mass is 395 g/mol. The van der Waals surface area contributed by atoms with Crippen LogP contribution in [0.4, 0.5) is 5.69 Å². The molecule has 1 aliphatic rings. The molecule has 0 saturated carbocycles. The largest absolute Gasteiger partial charge is 0.744 e. The van der Waals surface area contributed by atoms with Crippen molar-refractivity contribution in [2.45, 2.75) is 25.7 Å². The highest BCUT2D eigenvalue weighted by Crippen LogP contribution is 2.45. The van der Waals surface area contributed by atoms with E-state index in [0.29, 0.717) is 0 Å². The number of quaternary nitrogens is 1. The Bertz CT molecular complexity index is 1170. The Balaban J connectivity index is 0.000000178. The van der Waals surface area contributed by atoms with Crippen molar-refractivity contribution in [3.63, 3.8) is 0 Å². The van der Waals surface area contributed by atoms with Crippen molar-refractivity contribution in [2.75, 3.05) is 14.1 Å². The van der Waals surface area contributed by atoms with E-state index < -0.39 is 10.1 Å². The van der Waals surface area contributed by atoms with Gasteiger partial charge in [0.2, 0.25) is 0 Å². The van der Waals surface area contributed by atoms with Gasteiger partial charge in [-0.3, -0.25) is 4.48 Å². The van der Waals surface area contributed by atoms with Crippen LogP contribution in [0.5, 0.6) is 0 Å². The maximum absolute atomic E-state index is 10.4. The zero-order valence-corrected chi connectivity index (χ0v) is 17.7. The molecule has 1 aliphatic heterocycles. The highest BCUT2D eigenvalue weighted by molar-refractivity contribution is 7.85. The maximum atomic E-state index is 10.4. The molecule has 1 heterocycles. The number of hydrogen-bond donors (Lipinski definition) is 0. The first-order valence-electron chi connectivity index (χ1n) is 9.11. The van der Waals surface area contributed by atoms with Gasteiger partial charge < -0.3 is 4.55 Å². The van der Waals surface area contributed by atoms with Crippen LogP contribution in [0, 0.1) is 6.92 Å². The Morgan fingerprint density at radius 3 is 2.04 bits per heavy atom. The van der Waals surface area contributed by atoms with Gasteiger partial charge in [0.15, 0.2) is 0 Å². The molecule has 0 saturated heterocycles. The fourth-order valence-electron chi connectivity index (χ4n) is 3.61. The van der Waals surface area contributed by atoms with Crippen LogP contribution in [-0.4, -0.2) is 27.1 Å². The number of aryl methyl sites for hydroxylation is 1. The summed E-state index contributed by atoms with van der Waals surface area (Å²) < 4.78 is 32.0. The van der Waals surface area contributed by atoms with Crippen molar-refractivity contribution >= 4 is 32.2 Å². The van der Waals surface area contributed by atoms with Crippen molar-refractivity contribution in [1.29, 1.82) is 0 Å². The molecule has 0 aliphatic carbocycles. The summed E-state index contributed by atoms with van der Waals surface area (Å²) in [5.74, 6) is 0. The molecular formula is C23H25NO3S. The number of nitrogens with zero attached hydrogens (tertiary/aromatic N) is 1. The molecule has 0 spiro atoms. The smallest absolute Gasteiger partial charge is 0.145 e. The lowest BCUT2D eigenvalue weighted by Crippen LogP contribution is -2.35. The molecule has 146 valence electrons. The molecule has 0 unspecified atom stereocenters. The lowest BCUT2D eigenvalue weighted by atomic mass is 9.99. The van der Waals surface area contributed by atoms with Gasteiger partial charge in [-0.1, -0.05) is 42.0 Å². The van der Waals surface area contributed by atoms with Crippen LogP contribution in [0.3, 0.4) is 0 Å². The number of allylic oxidation sites excluding steroid dienone is 2. The summed E-state index contributed by atoms with van der Waals surface area (Å²) in [6, 6.07) is 19.0. The van der Waals surface area contributed by atoms with E-state index in [0.717, 1.165) is 10.0 Å². The summed E-state index contributed by atoms with van der Waals surface area (Å²) in [7, 11) is 0.257. The highest BCUT2D eigenvalue weighted by atomic mass is 32.2. The first-order valence-corrected chi connectivity index (χ1v) is 10.5. The molecule has 4 rings (SSSR count). The maximum Gasteiger partial charge on any atom is 0.145 e. The first kappa shape index (κ1) is 20.3. The van der Waals surface area contributed by atoms with Gasteiger partial charge in [-0.05, 0) is 42.8 Å². The number of fused-ring (bicyclic) bond motifs is 3. The molecule has 0 aromatic heterocycles. The molecule has 3 aromatic rings. The fourth-order valence-corrected chi connectivity index (χ4v) is 4.08. The van der Waals surface area contributed by atoms with Crippen LogP contribution in [0.15, 0.2) is 71.3 Å². The van der Waals surface area contributed by atoms with Gasteiger partial charge >= 0.3 is 0 Å². The molecule has 5 heteroatoms. The minimum absolute atomic E-state index is 0.178. The van der Waals surface area contributed by atoms with E-state index in [4.69, 9.17) is 0 Å². The Kier molecular flexibility index (Phi) is 5.19. The van der Waals surface area contributed by atoms with Crippen LogP contribution >= 0.6 is 0 Å². The van der Waals surface area contributed by atoms with Gasteiger partial charge in [-0.25, -0.2) is 8.42 Å². The SMILES string of the molecule is CC1=C(C)[N+](C)(C)c2ccc3ccccc3c21.Cc1ccc(S(=O)(=O)[O-])cc1. The summed E-state index contributed by atoms with van der Waals surface area (Å²) in [6.07, 6.45) is 0. The van der Waals surface area contributed by atoms with Crippen LogP contribution in [-0.2, 0) is 10.1 Å². The molecule has 0 bridgehead atoms. The summed E-state index contributed by atoms with van der Waals surface area (Å²) in [6.45, 7) is 6.30. The predicted molar refractivity (Wildman–Crippen MR) is 115 cm³/mol. The predicted octanol–water partition coefficient (Wildman–Crippen LogP) is 5.07.